The van der Waals surface area contributed by atoms with Crippen LogP contribution in [-0.4, -0.2) is 20.3 Å². The van der Waals surface area contributed by atoms with E-state index in [2.05, 4.69) is 38.1 Å². The Morgan fingerprint density at radius 3 is 1.70 bits per heavy atom. The van der Waals surface area contributed by atoms with Crippen molar-refractivity contribution in [1.82, 2.24) is 0 Å². The lowest BCUT2D eigenvalue weighted by molar-refractivity contribution is 0.0432. The van der Waals surface area contributed by atoms with Gasteiger partial charge in [-0.25, -0.2) is 0 Å². The molecule has 1 aliphatic rings. The zero-order chi connectivity index (χ0) is 16.4. The number of hydrogen-bond donors (Lipinski definition) is 0. The fraction of sp³-hybridized carbons (Fsp3) is 0.400. The molecule has 0 saturated carbocycles. The molecule has 0 radical (unpaired) electrons. The van der Waals surface area contributed by atoms with Crippen LogP contribution in [-0.2, 0) is 4.74 Å². The highest BCUT2D eigenvalue weighted by atomic mass is 16.5. The summed E-state index contributed by atoms with van der Waals surface area (Å²) in [6, 6.07) is 16.5. The first kappa shape index (κ1) is 15.9. The minimum atomic E-state index is 0.114. The zero-order valence-electron chi connectivity index (χ0n) is 14.2. The first-order chi connectivity index (χ1) is 11.1. The van der Waals surface area contributed by atoms with E-state index in [1.807, 2.05) is 24.3 Å². The molecule has 1 saturated heterocycles. The lowest BCUT2D eigenvalue weighted by atomic mass is 9.82. The van der Waals surface area contributed by atoms with E-state index in [0.717, 1.165) is 11.5 Å². The highest BCUT2D eigenvalue weighted by Crippen LogP contribution is 2.47. The summed E-state index contributed by atoms with van der Waals surface area (Å²) in [6.45, 7) is 4.43. The normalized spacial score (nSPS) is 27.0. The molecule has 0 amide bonds. The van der Waals surface area contributed by atoms with Gasteiger partial charge in [0, 0.05) is 5.92 Å². The summed E-state index contributed by atoms with van der Waals surface area (Å²) >= 11 is 0. The van der Waals surface area contributed by atoms with Crippen LogP contribution in [0.25, 0.3) is 0 Å². The van der Waals surface area contributed by atoms with Crippen LogP contribution in [0.2, 0.25) is 0 Å². The first-order valence-electron chi connectivity index (χ1n) is 8.07. The third-order valence-corrected chi connectivity index (χ3v) is 4.86. The summed E-state index contributed by atoms with van der Waals surface area (Å²) < 4.78 is 16.8. The van der Waals surface area contributed by atoms with Gasteiger partial charge in [0.05, 0.1) is 26.4 Å². The van der Waals surface area contributed by atoms with Crippen molar-refractivity contribution in [3.8, 4) is 11.5 Å². The van der Waals surface area contributed by atoms with Gasteiger partial charge in [-0.3, -0.25) is 0 Å². The topological polar surface area (TPSA) is 27.7 Å². The monoisotopic (exact) mass is 312 g/mol. The van der Waals surface area contributed by atoms with Crippen LogP contribution in [0.5, 0.6) is 11.5 Å². The maximum Gasteiger partial charge on any atom is 0.118 e. The number of benzene rings is 2. The van der Waals surface area contributed by atoms with Gasteiger partial charge in [-0.05, 0) is 48.2 Å². The van der Waals surface area contributed by atoms with Crippen LogP contribution in [0.3, 0.4) is 0 Å². The molecule has 4 atom stereocenters. The Labute approximate surface area is 138 Å². The summed E-state index contributed by atoms with van der Waals surface area (Å²) in [5, 5.41) is 0. The van der Waals surface area contributed by atoms with Crippen molar-refractivity contribution in [1.29, 1.82) is 0 Å². The van der Waals surface area contributed by atoms with Crippen LogP contribution in [0.15, 0.2) is 48.5 Å². The highest BCUT2D eigenvalue weighted by molar-refractivity contribution is 5.34. The minimum absolute atomic E-state index is 0.114. The Balaban J connectivity index is 1.83. The predicted molar refractivity (Wildman–Crippen MR) is 91.2 cm³/mol. The van der Waals surface area contributed by atoms with Crippen LogP contribution < -0.4 is 9.47 Å². The van der Waals surface area contributed by atoms with Gasteiger partial charge in [-0.15, -0.1) is 0 Å². The molecule has 122 valence electrons. The van der Waals surface area contributed by atoms with E-state index in [4.69, 9.17) is 14.2 Å². The first-order valence-corrected chi connectivity index (χ1v) is 8.07. The molecule has 3 rings (SSSR count). The number of ether oxygens (including phenoxy) is 3. The van der Waals surface area contributed by atoms with Gasteiger partial charge in [0.1, 0.15) is 11.5 Å². The molecule has 4 unspecified atom stereocenters. The van der Waals surface area contributed by atoms with E-state index in [1.165, 1.54) is 11.1 Å². The molecule has 23 heavy (non-hydrogen) atoms. The second kappa shape index (κ2) is 6.63. The van der Waals surface area contributed by atoms with E-state index in [-0.39, 0.29) is 12.2 Å². The van der Waals surface area contributed by atoms with Gasteiger partial charge in [0.2, 0.25) is 0 Å². The Morgan fingerprint density at radius 2 is 1.22 bits per heavy atom. The molecule has 1 heterocycles. The van der Waals surface area contributed by atoms with Crippen molar-refractivity contribution in [2.75, 3.05) is 14.2 Å². The van der Waals surface area contributed by atoms with Gasteiger partial charge in [0.25, 0.3) is 0 Å². The van der Waals surface area contributed by atoms with Gasteiger partial charge >= 0.3 is 0 Å². The molecule has 0 spiro atoms. The Kier molecular flexibility index (Phi) is 4.58. The Bertz CT molecular complexity index is 633. The molecule has 1 aliphatic heterocycles. The Hall–Kier alpha value is -2.00. The molecule has 0 aliphatic carbocycles. The fourth-order valence-electron chi connectivity index (χ4n) is 3.63. The summed E-state index contributed by atoms with van der Waals surface area (Å²) in [5.74, 6) is 2.55. The summed E-state index contributed by atoms with van der Waals surface area (Å²) in [7, 11) is 3.38. The van der Waals surface area contributed by atoms with Crippen molar-refractivity contribution in [2.45, 2.75) is 32.0 Å². The maximum atomic E-state index is 6.28. The average Bonchev–Trinajstić information content (AvgIpc) is 2.89. The van der Waals surface area contributed by atoms with Crippen LogP contribution in [0.1, 0.15) is 37.0 Å². The molecule has 0 aromatic heterocycles. The largest absolute Gasteiger partial charge is 0.497 e. The second-order valence-corrected chi connectivity index (χ2v) is 6.19. The third-order valence-electron chi connectivity index (χ3n) is 4.86. The second-order valence-electron chi connectivity index (χ2n) is 6.19. The van der Waals surface area contributed by atoms with E-state index >= 15 is 0 Å². The molecule has 2 aromatic carbocycles. The van der Waals surface area contributed by atoms with Crippen molar-refractivity contribution in [2.24, 2.45) is 5.92 Å². The molecular formula is C20H24O3. The zero-order valence-corrected chi connectivity index (χ0v) is 14.2. The summed E-state index contributed by atoms with van der Waals surface area (Å²) in [6.07, 6.45) is 0.300. The summed E-state index contributed by atoms with van der Waals surface area (Å²) in [4.78, 5) is 0. The van der Waals surface area contributed by atoms with E-state index in [9.17, 15) is 0 Å². The summed E-state index contributed by atoms with van der Waals surface area (Å²) in [5.41, 5.74) is 2.52. The van der Waals surface area contributed by atoms with Crippen LogP contribution in [0.4, 0.5) is 0 Å². The van der Waals surface area contributed by atoms with Crippen molar-refractivity contribution < 1.29 is 14.2 Å². The lowest BCUT2D eigenvalue weighted by Gasteiger charge is -2.20. The standard InChI is InChI=1S/C20H24O3/c1-13-19(15-5-9-17(21-3)10-6-15)14(2)23-20(13)16-7-11-18(22-4)12-8-16/h5-14,19-20H,1-4H3. The predicted octanol–water partition coefficient (Wildman–Crippen LogP) is 4.58. The van der Waals surface area contributed by atoms with Gasteiger partial charge < -0.3 is 14.2 Å². The molecule has 3 nitrogen and oxygen atoms in total. The van der Waals surface area contributed by atoms with Gasteiger partial charge in [0.15, 0.2) is 0 Å². The van der Waals surface area contributed by atoms with Crippen molar-refractivity contribution >= 4 is 0 Å². The maximum absolute atomic E-state index is 6.28. The van der Waals surface area contributed by atoms with Crippen LogP contribution in [0, 0.1) is 5.92 Å². The molecule has 0 N–H and O–H groups in total. The SMILES string of the molecule is COc1ccc(C2OC(C)C(c3ccc(OC)cc3)C2C)cc1. The van der Waals surface area contributed by atoms with Crippen LogP contribution >= 0.6 is 0 Å². The lowest BCUT2D eigenvalue weighted by Crippen LogP contribution is -2.14. The van der Waals surface area contributed by atoms with Gasteiger partial charge in [-0.2, -0.15) is 0 Å². The quantitative estimate of drug-likeness (QED) is 0.827. The minimum Gasteiger partial charge on any atom is -0.497 e. The van der Waals surface area contributed by atoms with E-state index < -0.39 is 0 Å². The number of hydrogen-bond acceptors (Lipinski definition) is 3. The van der Waals surface area contributed by atoms with E-state index in [0.29, 0.717) is 11.8 Å². The van der Waals surface area contributed by atoms with Gasteiger partial charge in [-0.1, -0.05) is 31.2 Å². The third kappa shape index (κ3) is 3.06. The molecule has 0 bridgehead atoms. The molecule has 1 fully saturated rings. The average molecular weight is 312 g/mol. The van der Waals surface area contributed by atoms with Crippen molar-refractivity contribution in [3.05, 3.63) is 59.7 Å². The Morgan fingerprint density at radius 1 is 0.739 bits per heavy atom. The van der Waals surface area contributed by atoms with Crippen molar-refractivity contribution in [3.63, 3.8) is 0 Å². The molecule has 3 heteroatoms. The smallest absolute Gasteiger partial charge is 0.118 e. The number of rotatable bonds is 4. The fourth-order valence-corrected chi connectivity index (χ4v) is 3.63. The molecular weight excluding hydrogens is 288 g/mol. The highest BCUT2D eigenvalue weighted by Gasteiger charge is 2.40. The van der Waals surface area contributed by atoms with E-state index in [1.54, 1.807) is 14.2 Å². The number of methoxy groups -OCH3 is 2. The molecule has 2 aromatic rings.